The number of sulfonamides is 1. The van der Waals surface area contributed by atoms with Crippen LogP contribution in [-0.2, 0) is 32.6 Å². The van der Waals surface area contributed by atoms with Crippen molar-refractivity contribution in [3.05, 3.63) is 101 Å². The molecule has 0 aliphatic carbocycles. The number of hydrogen-bond acceptors (Lipinski definition) is 4. The molecular weight excluding hydrogens is 534 g/mol. The van der Waals surface area contributed by atoms with Crippen LogP contribution in [0.3, 0.4) is 0 Å². The molecule has 41 heavy (non-hydrogen) atoms. The Hall–Kier alpha value is -3.65. The molecule has 0 saturated carbocycles. The molecule has 0 aliphatic heterocycles. The van der Waals surface area contributed by atoms with Crippen molar-refractivity contribution in [2.75, 3.05) is 23.7 Å². The van der Waals surface area contributed by atoms with Crippen LogP contribution < -0.4 is 9.62 Å². The summed E-state index contributed by atoms with van der Waals surface area (Å²) in [6.07, 6.45) is 1.97. The van der Waals surface area contributed by atoms with Crippen LogP contribution in [-0.4, -0.2) is 50.5 Å². The first-order chi connectivity index (χ1) is 19.4. The van der Waals surface area contributed by atoms with E-state index in [1.165, 1.54) is 10.6 Å². The van der Waals surface area contributed by atoms with Crippen LogP contribution in [0.1, 0.15) is 48.9 Å². The minimum Gasteiger partial charge on any atom is -0.354 e. The standard InChI is InChI=1S/C33H43N3O4S/c1-25(2)23-34-33(38)31(22-28-12-7-6-8-13-28)35(24-29-18-16-26(3)17-19-29)32(37)15-10-20-36(41(5,39)40)30-14-9-11-27(4)21-30/h6-9,11-14,16-19,21,25,31H,10,15,20,22-24H2,1-5H3,(H,34,38). The molecule has 0 fully saturated rings. The second kappa shape index (κ2) is 14.8. The molecule has 220 valence electrons. The molecule has 2 amide bonds. The molecule has 1 N–H and O–H groups in total. The number of carbonyl (C=O) groups excluding carboxylic acids is 2. The van der Waals surface area contributed by atoms with Crippen LogP contribution in [0, 0.1) is 19.8 Å². The number of benzene rings is 3. The number of nitrogens with zero attached hydrogens (tertiary/aromatic N) is 2. The Kier molecular flexibility index (Phi) is 11.5. The number of nitrogens with one attached hydrogen (secondary N) is 1. The summed E-state index contributed by atoms with van der Waals surface area (Å²) in [6, 6.07) is 24.2. The summed E-state index contributed by atoms with van der Waals surface area (Å²) in [5.74, 6) is -0.120. The van der Waals surface area contributed by atoms with Crippen molar-refractivity contribution in [2.45, 2.75) is 59.5 Å². The lowest BCUT2D eigenvalue weighted by molar-refractivity contribution is -0.141. The Morgan fingerprint density at radius 3 is 2.15 bits per heavy atom. The fourth-order valence-corrected chi connectivity index (χ4v) is 5.61. The van der Waals surface area contributed by atoms with E-state index in [2.05, 4.69) is 5.32 Å². The van der Waals surface area contributed by atoms with Gasteiger partial charge in [0.1, 0.15) is 6.04 Å². The third kappa shape index (κ3) is 10.0. The minimum absolute atomic E-state index is 0.104. The molecule has 0 spiro atoms. The van der Waals surface area contributed by atoms with Crippen molar-refractivity contribution in [1.82, 2.24) is 10.2 Å². The summed E-state index contributed by atoms with van der Waals surface area (Å²) in [6.45, 7) is 8.93. The highest BCUT2D eigenvalue weighted by Gasteiger charge is 2.30. The first-order valence-corrected chi connectivity index (χ1v) is 16.0. The van der Waals surface area contributed by atoms with Gasteiger partial charge in [0.25, 0.3) is 0 Å². The topological polar surface area (TPSA) is 86.8 Å². The van der Waals surface area contributed by atoms with E-state index in [1.54, 1.807) is 11.0 Å². The van der Waals surface area contributed by atoms with Crippen LogP contribution in [0.15, 0.2) is 78.9 Å². The normalized spacial score (nSPS) is 12.1. The third-order valence-electron chi connectivity index (χ3n) is 6.87. The molecule has 0 aromatic heterocycles. The second-order valence-electron chi connectivity index (χ2n) is 11.1. The Bertz CT molecular complexity index is 1390. The van der Waals surface area contributed by atoms with Gasteiger partial charge in [0.2, 0.25) is 21.8 Å². The van der Waals surface area contributed by atoms with Crippen LogP contribution in [0.2, 0.25) is 0 Å². The fourth-order valence-electron chi connectivity index (χ4n) is 4.65. The zero-order valence-corrected chi connectivity index (χ0v) is 25.7. The van der Waals surface area contributed by atoms with Crippen molar-refractivity contribution in [1.29, 1.82) is 0 Å². The predicted molar refractivity (Wildman–Crippen MR) is 166 cm³/mol. The maximum absolute atomic E-state index is 13.9. The summed E-state index contributed by atoms with van der Waals surface area (Å²) in [5, 5.41) is 3.03. The highest BCUT2D eigenvalue weighted by molar-refractivity contribution is 7.92. The van der Waals surface area contributed by atoms with Crippen molar-refractivity contribution in [3.63, 3.8) is 0 Å². The van der Waals surface area contributed by atoms with E-state index in [0.717, 1.165) is 22.3 Å². The van der Waals surface area contributed by atoms with Gasteiger partial charge < -0.3 is 10.2 Å². The van der Waals surface area contributed by atoms with Crippen LogP contribution in [0.25, 0.3) is 0 Å². The molecule has 3 rings (SSSR count). The molecule has 8 heteroatoms. The maximum Gasteiger partial charge on any atom is 0.243 e. The van der Waals surface area contributed by atoms with Gasteiger partial charge in [-0.25, -0.2) is 8.42 Å². The largest absolute Gasteiger partial charge is 0.354 e. The summed E-state index contributed by atoms with van der Waals surface area (Å²) in [4.78, 5) is 29.1. The van der Waals surface area contributed by atoms with Gasteiger partial charge in [-0.1, -0.05) is 86.1 Å². The predicted octanol–water partition coefficient (Wildman–Crippen LogP) is 5.26. The van der Waals surface area contributed by atoms with Gasteiger partial charge in [-0.05, 0) is 55.0 Å². The van der Waals surface area contributed by atoms with Crippen molar-refractivity contribution >= 4 is 27.5 Å². The van der Waals surface area contributed by atoms with Gasteiger partial charge in [0.05, 0.1) is 11.9 Å². The van der Waals surface area contributed by atoms with E-state index >= 15 is 0 Å². The highest BCUT2D eigenvalue weighted by Crippen LogP contribution is 2.21. The summed E-state index contributed by atoms with van der Waals surface area (Å²) in [7, 11) is -3.55. The minimum atomic E-state index is -3.55. The van der Waals surface area contributed by atoms with E-state index in [0.29, 0.717) is 25.1 Å². The van der Waals surface area contributed by atoms with E-state index in [-0.39, 0.29) is 37.2 Å². The fraction of sp³-hybridized carbons (Fsp3) is 0.394. The highest BCUT2D eigenvalue weighted by atomic mass is 32.2. The van der Waals surface area contributed by atoms with Gasteiger partial charge in [0.15, 0.2) is 0 Å². The number of hydrogen-bond donors (Lipinski definition) is 1. The smallest absolute Gasteiger partial charge is 0.243 e. The first kappa shape index (κ1) is 31.9. The molecule has 3 aromatic rings. The molecule has 0 aliphatic rings. The number of aryl methyl sites for hydroxylation is 2. The Labute approximate surface area is 245 Å². The Balaban J connectivity index is 1.87. The SMILES string of the molecule is Cc1ccc(CN(C(=O)CCCN(c2cccc(C)c2)S(C)(=O)=O)C(Cc2ccccc2)C(=O)NCC(C)C)cc1. The summed E-state index contributed by atoms with van der Waals surface area (Å²) < 4.78 is 26.6. The second-order valence-corrected chi connectivity index (χ2v) is 13.0. The molecule has 7 nitrogen and oxygen atoms in total. The monoisotopic (exact) mass is 577 g/mol. The molecule has 0 bridgehead atoms. The molecule has 0 heterocycles. The molecule has 1 unspecified atom stereocenters. The number of rotatable bonds is 14. The number of anilines is 1. The number of carbonyl (C=O) groups is 2. The van der Waals surface area contributed by atoms with Crippen molar-refractivity contribution < 1.29 is 18.0 Å². The maximum atomic E-state index is 13.9. The molecule has 0 radical (unpaired) electrons. The molecular formula is C33H43N3O4S. The van der Waals surface area contributed by atoms with Crippen LogP contribution in [0.5, 0.6) is 0 Å². The summed E-state index contributed by atoms with van der Waals surface area (Å²) in [5.41, 5.74) is 4.52. The van der Waals surface area contributed by atoms with E-state index < -0.39 is 16.1 Å². The Morgan fingerprint density at radius 1 is 0.854 bits per heavy atom. The van der Waals surface area contributed by atoms with E-state index in [4.69, 9.17) is 0 Å². The molecule has 0 saturated heterocycles. The average molecular weight is 578 g/mol. The Morgan fingerprint density at radius 2 is 1.54 bits per heavy atom. The van der Waals surface area contributed by atoms with Gasteiger partial charge >= 0.3 is 0 Å². The zero-order valence-electron chi connectivity index (χ0n) is 24.8. The summed E-state index contributed by atoms with van der Waals surface area (Å²) >= 11 is 0. The quantitative estimate of drug-likeness (QED) is 0.283. The average Bonchev–Trinajstić information content (AvgIpc) is 2.92. The van der Waals surface area contributed by atoms with E-state index in [1.807, 2.05) is 100 Å². The molecule has 3 aromatic carbocycles. The lowest BCUT2D eigenvalue weighted by Crippen LogP contribution is -2.51. The van der Waals surface area contributed by atoms with Crippen LogP contribution >= 0.6 is 0 Å². The zero-order chi connectivity index (χ0) is 30.0. The number of amides is 2. The lowest BCUT2D eigenvalue weighted by Gasteiger charge is -2.32. The van der Waals surface area contributed by atoms with Gasteiger partial charge in [-0.2, -0.15) is 0 Å². The third-order valence-corrected chi connectivity index (χ3v) is 8.07. The van der Waals surface area contributed by atoms with Crippen LogP contribution in [0.4, 0.5) is 5.69 Å². The van der Waals surface area contributed by atoms with Crippen molar-refractivity contribution in [2.24, 2.45) is 5.92 Å². The van der Waals surface area contributed by atoms with Gasteiger partial charge in [0, 0.05) is 32.5 Å². The van der Waals surface area contributed by atoms with Gasteiger partial charge in [-0.3, -0.25) is 13.9 Å². The first-order valence-electron chi connectivity index (χ1n) is 14.1. The lowest BCUT2D eigenvalue weighted by atomic mass is 10.0. The van der Waals surface area contributed by atoms with E-state index in [9.17, 15) is 18.0 Å². The van der Waals surface area contributed by atoms with Crippen molar-refractivity contribution in [3.8, 4) is 0 Å². The molecule has 1 atom stereocenters. The van der Waals surface area contributed by atoms with Gasteiger partial charge in [-0.15, -0.1) is 0 Å².